The monoisotopic (exact) mass is 295 g/mol. The molecule has 0 bridgehead atoms. The van der Waals surface area contributed by atoms with Crippen LogP contribution in [0.15, 0.2) is 54.7 Å². The molecule has 3 rings (SSSR count). The summed E-state index contributed by atoms with van der Waals surface area (Å²) in [4.78, 5) is 15.0. The number of nitrogens with one attached hydrogen (secondary N) is 1. The predicted octanol–water partition coefficient (Wildman–Crippen LogP) is 3.92. The summed E-state index contributed by atoms with van der Waals surface area (Å²) in [7, 11) is 0. The maximum Gasteiger partial charge on any atom is 0.340 e. The highest BCUT2D eigenvalue weighted by atomic mass is 16.5. The van der Waals surface area contributed by atoms with Crippen LogP contribution in [0.2, 0.25) is 0 Å². The molecule has 112 valence electrons. The number of esters is 1. The highest BCUT2D eigenvalue weighted by molar-refractivity contribution is 6.04. The van der Waals surface area contributed by atoms with E-state index in [0.717, 1.165) is 22.2 Å². The molecule has 0 aliphatic carbocycles. The molecule has 0 amide bonds. The van der Waals surface area contributed by atoms with Gasteiger partial charge in [0.1, 0.15) is 12.4 Å². The Bertz CT molecular complexity index is 777. The van der Waals surface area contributed by atoms with E-state index in [2.05, 4.69) is 4.98 Å². The molecule has 0 radical (unpaired) electrons. The van der Waals surface area contributed by atoms with Gasteiger partial charge in [-0.3, -0.25) is 0 Å². The van der Waals surface area contributed by atoms with E-state index in [1.54, 1.807) is 13.1 Å². The standard InChI is InChI=1S/C18H17NO3/c1-2-21-18(20)16-11-19-17-9-8-14(10-15(16)17)22-12-13-6-4-3-5-7-13/h3-11,19H,2,12H2,1H3. The topological polar surface area (TPSA) is 51.3 Å². The zero-order valence-corrected chi connectivity index (χ0v) is 12.3. The highest BCUT2D eigenvalue weighted by Gasteiger charge is 2.13. The average Bonchev–Trinajstić information content (AvgIpc) is 2.97. The smallest absolute Gasteiger partial charge is 0.340 e. The number of rotatable bonds is 5. The lowest BCUT2D eigenvalue weighted by atomic mass is 10.1. The van der Waals surface area contributed by atoms with Gasteiger partial charge in [-0.15, -0.1) is 0 Å². The third-order valence-electron chi connectivity index (χ3n) is 3.40. The lowest BCUT2D eigenvalue weighted by Gasteiger charge is -2.07. The number of aromatic nitrogens is 1. The molecule has 0 saturated heterocycles. The van der Waals surface area contributed by atoms with Crippen LogP contribution in [0.4, 0.5) is 0 Å². The van der Waals surface area contributed by atoms with E-state index >= 15 is 0 Å². The normalized spacial score (nSPS) is 10.6. The molecule has 3 aromatic rings. The van der Waals surface area contributed by atoms with E-state index in [1.807, 2.05) is 48.5 Å². The molecule has 4 nitrogen and oxygen atoms in total. The number of benzene rings is 2. The van der Waals surface area contributed by atoms with Gasteiger partial charge in [-0.1, -0.05) is 30.3 Å². The summed E-state index contributed by atoms with van der Waals surface area (Å²) in [5.41, 5.74) is 2.51. The van der Waals surface area contributed by atoms with Gasteiger partial charge in [0.2, 0.25) is 0 Å². The molecule has 1 N–H and O–H groups in total. The van der Waals surface area contributed by atoms with E-state index < -0.39 is 0 Å². The molecule has 1 aromatic heterocycles. The SMILES string of the molecule is CCOC(=O)c1c[nH]c2ccc(OCc3ccccc3)cc12. The Balaban J connectivity index is 1.82. The first-order valence-electron chi connectivity index (χ1n) is 7.23. The fraction of sp³-hybridized carbons (Fsp3) is 0.167. The second-order valence-corrected chi connectivity index (χ2v) is 4.90. The van der Waals surface area contributed by atoms with Gasteiger partial charge < -0.3 is 14.5 Å². The lowest BCUT2D eigenvalue weighted by Crippen LogP contribution is -2.03. The molecular formula is C18H17NO3. The van der Waals surface area contributed by atoms with Crippen molar-refractivity contribution in [1.29, 1.82) is 0 Å². The Labute approximate surface area is 128 Å². The van der Waals surface area contributed by atoms with Gasteiger partial charge in [-0.05, 0) is 30.7 Å². The molecule has 0 spiro atoms. The van der Waals surface area contributed by atoms with Crippen molar-refractivity contribution in [3.63, 3.8) is 0 Å². The van der Waals surface area contributed by atoms with E-state index in [0.29, 0.717) is 18.8 Å². The molecular weight excluding hydrogens is 278 g/mol. The second kappa shape index (κ2) is 6.35. The molecule has 22 heavy (non-hydrogen) atoms. The summed E-state index contributed by atoms with van der Waals surface area (Å²) >= 11 is 0. The predicted molar refractivity (Wildman–Crippen MR) is 85.0 cm³/mol. The first-order chi connectivity index (χ1) is 10.8. The van der Waals surface area contributed by atoms with E-state index in [9.17, 15) is 4.79 Å². The van der Waals surface area contributed by atoms with E-state index in [1.165, 1.54) is 0 Å². The van der Waals surface area contributed by atoms with Crippen molar-refractivity contribution in [2.24, 2.45) is 0 Å². The van der Waals surface area contributed by atoms with E-state index in [-0.39, 0.29) is 5.97 Å². The molecule has 0 aliphatic rings. The lowest BCUT2D eigenvalue weighted by molar-refractivity contribution is 0.0529. The Morgan fingerprint density at radius 2 is 1.95 bits per heavy atom. The van der Waals surface area contributed by atoms with Crippen LogP contribution < -0.4 is 4.74 Å². The molecule has 2 aromatic carbocycles. The Hall–Kier alpha value is -2.75. The fourth-order valence-corrected chi connectivity index (χ4v) is 2.31. The van der Waals surface area contributed by atoms with Gasteiger partial charge in [0.15, 0.2) is 0 Å². The van der Waals surface area contributed by atoms with Crippen molar-refractivity contribution in [3.8, 4) is 5.75 Å². The number of hydrogen-bond donors (Lipinski definition) is 1. The zero-order valence-electron chi connectivity index (χ0n) is 12.3. The van der Waals surface area contributed by atoms with Gasteiger partial charge in [-0.2, -0.15) is 0 Å². The largest absolute Gasteiger partial charge is 0.489 e. The van der Waals surface area contributed by atoms with Crippen molar-refractivity contribution in [1.82, 2.24) is 4.98 Å². The van der Waals surface area contributed by atoms with Crippen molar-refractivity contribution in [2.45, 2.75) is 13.5 Å². The molecule has 0 saturated carbocycles. The van der Waals surface area contributed by atoms with Gasteiger partial charge in [-0.25, -0.2) is 4.79 Å². The van der Waals surface area contributed by atoms with Gasteiger partial charge in [0.25, 0.3) is 0 Å². The van der Waals surface area contributed by atoms with Crippen LogP contribution in [-0.2, 0) is 11.3 Å². The molecule has 0 fully saturated rings. The number of fused-ring (bicyclic) bond motifs is 1. The minimum Gasteiger partial charge on any atom is -0.489 e. The zero-order chi connectivity index (χ0) is 15.4. The van der Waals surface area contributed by atoms with Crippen LogP contribution in [0.25, 0.3) is 10.9 Å². The minimum atomic E-state index is -0.325. The van der Waals surface area contributed by atoms with Crippen LogP contribution in [0, 0.1) is 0 Å². The molecule has 0 aliphatic heterocycles. The fourth-order valence-electron chi connectivity index (χ4n) is 2.31. The Morgan fingerprint density at radius 3 is 2.73 bits per heavy atom. The van der Waals surface area contributed by atoms with Crippen LogP contribution >= 0.6 is 0 Å². The number of hydrogen-bond acceptors (Lipinski definition) is 3. The summed E-state index contributed by atoms with van der Waals surface area (Å²) < 4.78 is 10.9. The third kappa shape index (κ3) is 2.96. The number of carbonyl (C=O) groups excluding carboxylic acids is 1. The van der Waals surface area contributed by atoms with Crippen molar-refractivity contribution in [3.05, 3.63) is 65.9 Å². The van der Waals surface area contributed by atoms with Crippen LogP contribution in [0.5, 0.6) is 5.75 Å². The molecule has 1 heterocycles. The third-order valence-corrected chi connectivity index (χ3v) is 3.40. The number of H-pyrrole nitrogens is 1. The van der Waals surface area contributed by atoms with Crippen molar-refractivity contribution in [2.75, 3.05) is 6.61 Å². The summed E-state index contributed by atoms with van der Waals surface area (Å²) in [6.45, 7) is 2.64. The Kier molecular flexibility index (Phi) is 4.10. The number of aromatic amines is 1. The molecule has 0 atom stereocenters. The average molecular weight is 295 g/mol. The van der Waals surface area contributed by atoms with Crippen LogP contribution in [-0.4, -0.2) is 17.6 Å². The maximum atomic E-state index is 11.9. The van der Waals surface area contributed by atoms with Crippen molar-refractivity contribution >= 4 is 16.9 Å². The minimum absolute atomic E-state index is 0.325. The summed E-state index contributed by atoms with van der Waals surface area (Å²) in [6, 6.07) is 15.6. The first-order valence-corrected chi connectivity index (χ1v) is 7.23. The summed E-state index contributed by atoms with van der Waals surface area (Å²) in [6.07, 6.45) is 1.67. The number of ether oxygens (including phenoxy) is 2. The van der Waals surface area contributed by atoms with Gasteiger partial charge in [0.05, 0.1) is 12.2 Å². The van der Waals surface area contributed by atoms with Crippen LogP contribution in [0.1, 0.15) is 22.8 Å². The van der Waals surface area contributed by atoms with Crippen LogP contribution in [0.3, 0.4) is 0 Å². The maximum absolute atomic E-state index is 11.9. The quantitative estimate of drug-likeness (QED) is 0.726. The first kappa shape index (κ1) is 14.2. The summed E-state index contributed by atoms with van der Waals surface area (Å²) in [5, 5.41) is 0.809. The Morgan fingerprint density at radius 1 is 1.14 bits per heavy atom. The van der Waals surface area contributed by atoms with Gasteiger partial charge in [0, 0.05) is 17.1 Å². The number of carbonyl (C=O) groups is 1. The van der Waals surface area contributed by atoms with Gasteiger partial charge >= 0.3 is 5.97 Å². The molecule has 4 heteroatoms. The van der Waals surface area contributed by atoms with Crippen molar-refractivity contribution < 1.29 is 14.3 Å². The summed E-state index contributed by atoms with van der Waals surface area (Å²) in [5.74, 6) is 0.399. The highest BCUT2D eigenvalue weighted by Crippen LogP contribution is 2.25. The second-order valence-electron chi connectivity index (χ2n) is 4.90. The van der Waals surface area contributed by atoms with E-state index in [4.69, 9.17) is 9.47 Å². The molecule has 0 unspecified atom stereocenters.